The number of piperidine rings is 1. The van der Waals surface area contributed by atoms with Crippen LogP contribution in [0.2, 0.25) is 0 Å². The lowest BCUT2D eigenvalue weighted by atomic mass is 10.1. The average Bonchev–Trinajstić information content (AvgIpc) is 3.12. The van der Waals surface area contributed by atoms with Crippen molar-refractivity contribution in [2.75, 3.05) is 13.1 Å². The molecule has 0 unspecified atom stereocenters. The molecule has 26 heavy (non-hydrogen) atoms. The van der Waals surface area contributed by atoms with Crippen LogP contribution >= 0.6 is 23.1 Å². The number of hydrogen-bond acceptors (Lipinski definition) is 5. The summed E-state index contributed by atoms with van der Waals surface area (Å²) >= 11 is 3.26. The van der Waals surface area contributed by atoms with E-state index in [2.05, 4.69) is 36.2 Å². The van der Waals surface area contributed by atoms with Gasteiger partial charge in [0.1, 0.15) is 5.56 Å². The predicted molar refractivity (Wildman–Crippen MR) is 105 cm³/mol. The molecule has 1 aromatic carbocycles. The van der Waals surface area contributed by atoms with Crippen LogP contribution in [0.5, 0.6) is 0 Å². The van der Waals surface area contributed by atoms with Crippen LogP contribution in [0.25, 0.3) is 4.96 Å². The number of nitrogens with zero attached hydrogens (tertiary/aromatic N) is 3. The zero-order chi connectivity index (χ0) is 18.1. The van der Waals surface area contributed by atoms with Crippen LogP contribution in [0.4, 0.5) is 0 Å². The van der Waals surface area contributed by atoms with Gasteiger partial charge in [0.2, 0.25) is 0 Å². The fraction of sp³-hybridized carbons (Fsp3) is 0.316. The number of aryl methyl sites for hydroxylation is 1. The zero-order valence-corrected chi connectivity index (χ0v) is 16.1. The number of carbonyl (C=O) groups excluding carboxylic acids is 1. The van der Waals surface area contributed by atoms with Gasteiger partial charge in [-0.25, -0.2) is 4.98 Å². The number of amides is 1. The van der Waals surface area contributed by atoms with Crippen LogP contribution in [0.3, 0.4) is 0 Å². The predicted octanol–water partition coefficient (Wildman–Crippen LogP) is 3.46. The maximum Gasteiger partial charge on any atom is 0.271 e. The normalized spacial score (nSPS) is 15.5. The number of benzene rings is 1. The van der Waals surface area contributed by atoms with Crippen LogP contribution < -0.4 is 5.56 Å². The van der Waals surface area contributed by atoms with Crippen LogP contribution in [0, 0.1) is 6.92 Å². The van der Waals surface area contributed by atoms with E-state index in [1.165, 1.54) is 32.4 Å². The lowest BCUT2D eigenvalue weighted by molar-refractivity contribution is 0.0725. The number of rotatable bonds is 3. The molecule has 1 amide bonds. The summed E-state index contributed by atoms with van der Waals surface area (Å²) in [5.74, 6) is -0.206. The summed E-state index contributed by atoms with van der Waals surface area (Å²) in [4.78, 5) is 33.2. The van der Waals surface area contributed by atoms with Gasteiger partial charge in [0.15, 0.2) is 4.96 Å². The van der Waals surface area contributed by atoms with E-state index in [4.69, 9.17) is 0 Å². The van der Waals surface area contributed by atoms with Gasteiger partial charge in [-0.1, -0.05) is 17.7 Å². The molecule has 1 aliphatic heterocycles. The second-order valence-electron chi connectivity index (χ2n) is 6.46. The Morgan fingerprint density at radius 1 is 1.31 bits per heavy atom. The number of likely N-dealkylation sites (tertiary alicyclic amines) is 1. The van der Waals surface area contributed by atoms with E-state index >= 15 is 0 Å². The molecule has 0 spiro atoms. The number of fused-ring (bicyclic) bond motifs is 1. The van der Waals surface area contributed by atoms with Gasteiger partial charge in [0, 0.05) is 41.0 Å². The Morgan fingerprint density at radius 3 is 2.88 bits per heavy atom. The van der Waals surface area contributed by atoms with Gasteiger partial charge >= 0.3 is 0 Å². The van der Waals surface area contributed by atoms with Gasteiger partial charge in [-0.05, 0) is 31.9 Å². The van der Waals surface area contributed by atoms with Crippen molar-refractivity contribution in [1.82, 2.24) is 14.3 Å². The summed E-state index contributed by atoms with van der Waals surface area (Å²) < 4.78 is 1.44. The van der Waals surface area contributed by atoms with Gasteiger partial charge < -0.3 is 4.90 Å². The Morgan fingerprint density at radius 2 is 2.12 bits per heavy atom. The van der Waals surface area contributed by atoms with Gasteiger partial charge in [-0.15, -0.1) is 23.1 Å². The summed E-state index contributed by atoms with van der Waals surface area (Å²) in [6.45, 7) is 3.45. The van der Waals surface area contributed by atoms with Crippen molar-refractivity contribution in [3.8, 4) is 0 Å². The van der Waals surface area contributed by atoms with Gasteiger partial charge in [-0.3, -0.25) is 14.0 Å². The fourth-order valence-corrected chi connectivity index (χ4v) is 5.12. The Balaban J connectivity index is 1.43. The van der Waals surface area contributed by atoms with E-state index in [1.54, 1.807) is 16.5 Å². The second kappa shape index (κ2) is 7.25. The molecule has 0 bridgehead atoms. The Bertz CT molecular complexity index is 1000. The Labute approximate surface area is 159 Å². The van der Waals surface area contributed by atoms with E-state index in [1.807, 2.05) is 11.8 Å². The Hall–Kier alpha value is -2.12. The van der Waals surface area contributed by atoms with Crippen molar-refractivity contribution < 1.29 is 4.79 Å². The van der Waals surface area contributed by atoms with Crippen molar-refractivity contribution in [3.63, 3.8) is 0 Å². The molecule has 5 nitrogen and oxygen atoms in total. The summed E-state index contributed by atoms with van der Waals surface area (Å²) in [6.07, 6.45) is 4.94. The van der Waals surface area contributed by atoms with Gasteiger partial charge in [0.05, 0.1) is 0 Å². The van der Waals surface area contributed by atoms with Gasteiger partial charge in [-0.2, -0.15) is 0 Å². The molecule has 1 saturated heterocycles. The quantitative estimate of drug-likeness (QED) is 0.693. The minimum Gasteiger partial charge on any atom is -0.338 e. The summed E-state index contributed by atoms with van der Waals surface area (Å²) in [5.41, 5.74) is 1.14. The molecule has 3 heterocycles. The van der Waals surface area contributed by atoms with E-state index in [0.717, 1.165) is 12.8 Å². The molecule has 0 N–H and O–H groups in total. The lowest BCUT2D eigenvalue weighted by Gasteiger charge is -2.31. The van der Waals surface area contributed by atoms with E-state index in [0.29, 0.717) is 23.3 Å². The number of hydrogen-bond donors (Lipinski definition) is 0. The summed E-state index contributed by atoms with van der Waals surface area (Å²) in [7, 11) is 0. The fourth-order valence-electron chi connectivity index (χ4n) is 3.20. The minimum atomic E-state index is -0.280. The molecule has 1 fully saturated rings. The third-order valence-electron chi connectivity index (χ3n) is 4.59. The molecule has 0 atom stereocenters. The summed E-state index contributed by atoms with van der Waals surface area (Å²) in [6, 6.07) is 8.52. The van der Waals surface area contributed by atoms with E-state index < -0.39 is 0 Å². The SMILES string of the molecule is Cc1cccc(SC2CCN(C(=O)c3cnc4sccn4c3=O)CC2)c1. The number of thiazole rings is 1. The highest BCUT2D eigenvalue weighted by molar-refractivity contribution is 8.00. The summed E-state index contributed by atoms with van der Waals surface area (Å²) in [5, 5.41) is 2.30. The smallest absolute Gasteiger partial charge is 0.271 e. The lowest BCUT2D eigenvalue weighted by Crippen LogP contribution is -2.41. The molecule has 2 aromatic heterocycles. The van der Waals surface area contributed by atoms with Crippen molar-refractivity contribution in [2.24, 2.45) is 0 Å². The molecular weight excluding hydrogens is 366 g/mol. The van der Waals surface area contributed by atoms with Crippen LogP contribution in [-0.4, -0.2) is 38.5 Å². The van der Waals surface area contributed by atoms with Crippen LogP contribution in [0.15, 0.2) is 51.7 Å². The molecule has 1 aliphatic rings. The first-order chi connectivity index (χ1) is 12.6. The third kappa shape index (κ3) is 3.41. The number of carbonyl (C=O) groups is 1. The minimum absolute atomic E-state index is 0.158. The first kappa shape index (κ1) is 17.3. The zero-order valence-electron chi connectivity index (χ0n) is 14.4. The van der Waals surface area contributed by atoms with Crippen molar-refractivity contribution in [1.29, 1.82) is 0 Å². The first-order valence-electron chi connectivity index (χ1n) is 8.59. The number of aromatic nitrogens is 2. The van der Waals surface area contributed by atoms with E-state index in [9.17, 15) is 9.59 Å². The van der Waals surface area contributed by atoms with E-state index in [-0.39, 0.29) is 17.0 Å². The maximum atomic E-state index is 12.8. The largest absolute Gasteiger partial charge is 0.338 e. The molecule has 0 aliphatic carbocycles. The first-order valence-corrected chi connectivity index (χ1v) is 10.4. The molecule has 0 radical (unpaired) electrons. The Kier molecular flexibility index (Phi) is 4.82. The average molecular weight is 386 g/mol. The molecular formula is C19H19N3O2S2. The van der Waals surface area contributed by atoms with Gasteiger partial charge in [0.25, 0.3) is 11.5 Å². The molecule has 7 heteroatoms. The molecule has 134 valence electrons. The van der Waals surface area contributed by atoms with Crippen molar-refractivity contribution in [3.05, 3.63) is 63.5 Å². The second-order valence-corrected chi connectivity index (χ2v) is 8.71. The third-order valence-corrected chi connectivity index (χ3v) is 6.70. The van der Waals surface area contributed by atoms with Crippen LogP contribution in [0.1, 0.15) is 28.8 Å². The standard InChI is InChI=1S/C19H19N3O2S2/c1-13-3-2-4-15(11-13)26-14-5-7-21(8-6-14)17(23)16-12-20-19-22(18(16)24)9-10-25-19/h2-4,9-12,14H,5-8H2,1H3. The molecule has 0 saturated carbocycles. The number of thioether (sulfide) groups is 1. The highest BCUT2D eigenvalue weighted by Crippen LogP contribution is 2.31. The highest BCUT2D eigenvalue weighted by Gasteiger charge is 2.26. The van der Waals surface area contributed by atoms with Crippen molar-refractivity contribution >= 4 is 34.0 Å². The van der Waals surface area contributed by atoms with Crippen LogP contribution in [-0.2, 0) is 0 Å². The topological polar surface area (TPSA) is 54.7 Å². The van der Waals surface area contributed by atoms with Crippen molar-refractivity contribution in [2.45, 2.75) is 29.9 Å². The molecule has 3 aromatic rings. The maximum absolute atomic E-state index is 12.8. The monoisotopic (exact) mass is 385 g/mol. The highest BCUT2D eigenvalue weighted by atomic mass is 32.2. The molecule has 4 rings (SSSR count).